The fraction of sp³-hybridized carbons (Fsp3) is 0.176. The maximum Gasteiger partial charge on any atom is 0.119 e. The van der Waals surface area contributed by atoms with Gasteiger partial charge in [0.05, 0.1) is 6.61 Å². The van der Waals surface area contributed by atoms with Crippen molar-refractivity contribution in [1.29, 1.82) is 0 Å². The summed E-state index contributed by atoms with van der Waals surface area (Å²) in [5.74, 6) is 0.907. The molecule has 0 atom stereocenters. The molecule has 3 nitrogen and oxygen atoms in total. The number of ether oxygens (including phenoxy) is 2. The topological polar surface area (TPSA) is 38.7 Å². The Morgan fingerprint density at radius 1 is 0.950 bits per heavy atom. The highest BCUT2D eigenvalue weighted by Gasteiger charge is 2.00. The van der Waals surface area contributed by atoms with Gasteiger partial charge in [-0.05, 0) is 23.3 Å². The third-order valence-electron chi connectivity index (χ3n) is 2.96. The SMILES string of the molecule is C=C(O)c1ccc(-c2ccc(OCCOC)cc2)cc1. The monoisotopic (exact) mass is 270 g/mol. The second kappa shape index (κ2) is 6.78. The van der Waals surface area contributed by atoms with Crippen LogP contribution in [-0.2, 0) is 4.74 Å². The molecule has 0 bridgehead atoms. The van der Waals surface area contributed by atoms with Crippen molar-refractivity contribution in [2.45, 2.75) is 0 Å². The van der Waals surface area contributed by atoms with Gasteiger partial charge in [0.2, 0.25) is 0 Å². The molecule has 0 radical (unpaired) electrons. The van der Waals surface area contributed by atoms with Crippen molar-refractivity contribution >= 4 is 5.76 Å². The summed E-state index contributed by atoms with van der Waals surface area (Å²) >= 11 is 0. The Balaban J connectivity index is 2.07. The number of hydrogen-bond acceptors (Lipinski definition) is 3. The van der Waals surface area contributed by atoms with E-state index in [1.165, 1.54) is 0 Å². The molecular weight excluding hydrogens is 252 g/mol. The molecule has 0 heterocycles. The molecule has 0 unspecified atom stereocenters. The second-order valence-corrected chi connectivity index (χ2v) is 4.39. The average molecular weight is 270 g/mol. The van der Waals surface area contributed by atoms with Gasteiger partial charge in [-0.1, -0.05) is 43.0 Å². The molecule has 0 aliphatic rings. The van der Waals surface area contributed by atoms with Crippen molar-refractivity contribution < 1.29 is 14.6 Å². The van der Waals surface area contributed by atoms with E-state index < -0.39 is 0 Å². The normalized spacial score (nSPS) is 10.2. The van der Waals surface area contributed by atoms with E-state index in [-0.39, 0.29) is 5.76 Å². The standard InChI is InChI=1S/C17H18O3/c1-13(18)14-3-5-15(6-4-14)16-7-9-17(10-8-16)20-12-11-19-2/h3-10,18H,1,11-12H2,2H3. The van der Waals surface area contributed by atoms with E-state index in [1.54, 1.807) is 7.11 Å². The zero-order valence-electron chi connectivity index (χ0n) is 11.5. The first-order valence-corrected chi connectivity index (χ1v) is 6.41. The van der Waals surface area contributed by atoms with Gasteiger partial charge in [-0.25, -0.2) is 0 Å². The molecule has 0 aromatic heterocycles. The van der Waals surface area contributed by atoms with Gasteiger partial charge in [0, 0.05) is 12.7 Å². The summed E-state index contributed by atoms with van der Waals surface area (Å²) in [6.45, 7) is 4.63. The van der Waals surface area contributed by atoms with Crippen molar-refractivity contribution in [3.63, 3.8) is 0 Å². The fourth-order valence-corrected chi connectivity index (χ4v) is 1.84. The zero-order chi connectivity index (χ0) is 14.4. The Morgan fingerprint density at radius 2 is 1.50 bits per heavy atom. The van der Waals surface area contributed by atoms with Gasteiger partial charge in [-0.15, -0.1) is 0 Å². The molecule has 3 heteroatoms. The minimum atomic E-state index is 0.0819. The van der Waals surface area contributed by atoms with E-state index in [0.717, 1.165) is 22.4 Å². The van der Waals surface area contributed by atoms with Crippen LogP contribution in [0.4, 0.5) is 0 Å². The van der Waals surface area contributed by atoms with Crippen LogP contribution in [0.15, 0.2) is 55.1 Å². The van der Waals surface area contributed by atoms with Gasteiger partial charge < -0.3 is 14.6 Å². The van der Waals surface area contributed by atoms with E-state index in [2.05, 4.69) is 6.58 Å². The number of aliphatic hydroxyl groups is 1. The molecule has 104 valence electrons. The number of rotatable bonds is 6. The van der Waals surface area contributed by atoms with Crippen LogP contribution in [-0.4, -0.2) is 25.4 Å². The lowest BCUT2D eigenvalue weighted by atomic mass is 10.0. The Kier molecular flexibility index (Phi) is 4.80. The number of benzene rings is 2. The van der Waals surface area contributed by atoms with Crippen molar-refractivity contribution in [3.8, 4) is 16.9 Å². The summed E-state index contributed by atoms with van der Waals surface area (Å²) in [7, 11) is 1.65. The highest BCUT2D eigenvalue weighted by Crippen LogP contribution is 2.23. The second-order valence-electron chi connectivity index (χ2n) is 4.39. The van der Waals surface area contributed by atoms with Gasteiger partial charge >= 0.3 is 0 Å². The number of methoxy groups -OCH3 is 1. The predicted octanol–water partition coefficient (Wildman–Crippen LogP) is 3.91. The zero-order valence-corrected chi connectivity index (χ0v) is 11.5. The summed E-state index contributed by atoms with van der Waals surface area (Å²) < 4.78 is 10.5. The summed E-state index contributed by atoms with van der Waals surface area (Å²) in [5.41, 5.74) is 2.91. The Hall–Kier alpha value is -2.26. The van der Waals surface area contributed by atoms with Gasteiger partial charge in [-0.3, -0.25) is 0 Å². The van der Waals surface area contributed by atoms with Gasteiger partial charge in [-0.2, -0.15) is 0 Å². The van der Waals surface area contributed by atoms with E-state index in [4.69, 9.17) is 9.47 Å². The van der Waals surface area contributed by atoms with Crippen LogP contribution in [0.5, 0.6) is 5.75 Å². The molecule has 20 heavy (non-hydrogen) atoms. The van der Waals surface area contributed by atoms with E-state index in [1.807, 2.05) is 48.5 Å². The smallest absolute Gasteiger partial charge is 0.119 e. The highest BCUT2D eigenvalue weighted by atomic mass is 16.5. The third-order valence-corrected chi connectivity index (χ3v) is 2.96. The molecule has 2 aromatic carbocycles. The summed E-state index contributed by atoms with van der Waals surface area (Å²) in [4.78, 5) is 0. The van der Waals surface area contributed by atoms with E-state index in [9.17, 15) is 5.11 Å². The molecule has 0 saturated carbocycles. The largest absolute Gasteiger partial charge is 0.508 e. The van der Waals surface area contributed by atoms with Crippen molar-refractivity contribution in [1.82, 2.24) is 0 Å². The first-order valence-electron chi connectivity index (χ1n) is 6.41. The van der Waals surface area contributed by atoms with Crippen LogP contribution in [0.1, 0.15) is 5.56 Å². The maximum absolute atomic E-state index is 9.30. The fourth-order valence-electron chi connectivity index (χ4n) is 1.84. The molecule has 2 aromatic rings. The first-order chi connectivity index (χ1) is 9.70. The first kappa shape index (κ1) is 14.2. The average Bonchev–Trinajstić information content (AvgIpc) is 2.48. The van der Waals surface area contributed by atoms with Crippen LogP contribution in [0.25, 0.3) is 16.9 Å². The van der Waals surface area contributed by atoms with Gasteiger partial charge in [0.15, 0.2) is 0 Å². The third kappa shape index (κ3) is 3.62. The molecular formula is C17H18O3. The lowest BCUT2D eigenvalue weighted by Gasteiger charge is -2.07. The van der Waals surface area contributed by atoms with Gasteiger partial charge in [0.25, 0.3) is 0 Å². The van der Waals surface area contributed by atoms with Crippen molar-refractivity contribution in [2.24, 2.45) is 0 Å². The summed E-state index contributed by atoms with van der Waals surface area (Å²) in [6, 6.07) is 15.5. The van der Waals surface area contributed by atoms with Crippen molar-refractivity contribution in [3.05, 3.63) is 60.7 Å². The minimum Gasteiger partial charge on any atom is -0.508 e. The Labute approximate surface area is 119 Å². The van der Waals surface area contributed by atoms with E-state index >= 15 is 0 Å². The van der Waals surface area contributed by atoms with E-state index in [0.29, 0.717) is 13.2 Å². The van der Waals surface area contributed by atoms with Crippen LogP contribution < -0.4 is 4.74 Å². The van der Waals surface area contributed by atoms with Crippen LogP contribution in [0, 0.1) is 0 Å². The molecule has 2 rings (SSSR count). The molecule has 0 aliphatic heterocycles. The minimum absolute atomic E-state index is 0.0819. The number of hydrogen-bond donors (Lipinski definition) is 1. The highest BCUT2D eigenvalue weighted by molar-refractivity contribution is 5.67. The number of aliphatic hydroxyl groups excluding tert-OH is 1. The summed E-state index contributed by atoms with van der Waals surface area (Å²) in [5, 5.41) is 9.30. The molecule has 0 fully saturated rings. The Morgan fingerprint density at radius 3 is 2.00 bits per heavy atom. The molecule has 0 amide bonds. The molecule has 0 saturated heterocycles. The summed E-state index contributed by atoms with van der Waals surface area (Å²) in [6.07, 6.45) is 0. The van der Waals surface area contributed by atoms with Crippen LogP contribution in [0.3, 0.4) is 0 Å². The lowest BCUT2D eigenvalue weighted by molar-refractivity contribution is 0.146. The quantitative estimate of drug-likeness (QED) is 0.639. The van der Waals surface area contributed by atoms with Gasteiger partial charge in [0.1, 0.15) is 18.1 Å². The van der Waals surface area contributed by atoms with Crippen LogP contribution >= 0.6 is 0 Å². The Bertz CT molecular complexity index is 556. The molecule has 1 N–H and O–H groups in total. The maximum atomic E-state index is 9.30. The van der Waals surface area contributed by atoms with Crippen molar-refractivity contribution in [2.75, 3.05) is 20.3 Å². The lowest BCUT2D eigenvalue weighted by Crippen LogP contribution is -2.03. The predicted molar refractivity (Wildman–Crippen MR) is 80.9 cm³/mol. The molecule has 0 spiro atoms. The van der Waals surface area contributed by atoms with Crippen LogP contribution in [0.2, 0.25) is 0 Å². The molecule has 0 aliphatic carbocycles.